The van der Waals surface area contributed by atoms with Crippen LogP contribution in [0.2, 0.25) is 10.0 Å². The van der Waals surface area contributed by atoms with Crippen LogP contribution in [0.15, 0.2) is 36.4 Å². The minimum atomic E-state index is 0.0271. The first-order valence-electron chi connectivity index (χ1n) is 5.89. The molecule has 19 heavy (non-hydrogen) atoms. The molecule has 1 atom stereocenters. The van der Waals surface area contributed by atoms with Crippen LogP contribution < -0.4 is 0 Å². The molecule has 2 rings (SSSR count). The molecule has 4 heteroatoms. The molecular formula is C15H14Cl2OS. The van der Waals surface area contributed by atoms with Crippen molar-refractivity contribution in [3.05, 3.63) is 63.1 Å². The summed E-state index contributed by atoms with van der Waals surface area (Å²) in [6, 6.07) is 10.8. The third-order valence-corrected chi connectivity index (χ3v) is 4.09. The summed E-state index contributed by atoms with van der Waals surface area (Å²) in [5, 5.41) is 10.7. The van der Waals surface area contributed by atoms with E-state index in [4.69, 9.17) is 23.2 Å². The minimum Gasteiger partial charge on any atom is -0.508 e. The van der Waals surface area contributed by atoms with Gasteiger partial charge in [0.25, 0.3) is 0 Å². The molecule has 0 aliphatic heterocycles. The number of benzene rings is 2. The van der Waals surface area contributed by atoms with Gasteiger partial charge in [0.2, 0.25) is 0 Å². The molecule has 0 fully saturated rings. The second kappa shape index (κ2) is 6.08. The second-order valence-electron chi connectivity index (χ2n) is 4.50. The van der Waals surface area contributed by atoms with Gasteiger partial charge < -0.3 is 5.11 Å². The van der Waals surface area contributed by atoms with Crippen LogP contribution in [-0.4, -0.2) is 5.11 Å². The monoisotopic (exact) mass is 312 g/mol. The highest BCUT2D eigenvalue weighted by atomic mass is 35.5. The predicted octanol–water partition coefficient (Wildman–Crippen LogP) is 5.22. The maximum atomic E-state index is 9.42. The Morgan fingerprint density at radius 3 is 2.53 bits per heavy atom. The van der Waals surface area contributed by atoms with E-state index in [0.717, 1.165) is 16.7 Å². The molecule has 0 spiro atoms. The van der Waals surface area contributed by atoms with E-state index in [9.17, 15) is 5.11 Å². The van der Waals surface area contributed by atoms with Crippen LogP contribution in [0.4, 0.5) is 0 Å². The molecular weight excluding hydrogens is 299 g/mol. The van der Waals surface area contributed by atoms with Crippen molar-refractivity contribution in [2.75, 3.05) is 0 Å². The number of halogens is 2. The smallest absolute Gasteiger partial charge is 0.115 e. The fourth-order valence-corrected chi connectivity index (χ4v) is 3.01. The summed E-state index contributed by atoms with van der Waals surface area (Å²) in [6.07, 6.45) is 0.713. The summed E-state index contributed by atoms with van der Waals surface area (Å²) in [5.74, 6) is 0.270. The lowest BCUT2D eigenvalue weighted by Crippen LogP contribution is -1.99. The number of thiol groups is 1. The van der Waals surface area contributed by atoms with E-state index in [2.05, 4.69) is 12.6 Å². The van der Waals surface area contributed by atoms with Crippen molar-refractivity contribution in [1.82, 2.24) is 0 Å². The molecule has 0 amide bonds. The Kier molecular flexibility index (Phi) is 4.67. The maximum Gasteiger partial charge on any atom is 0.115 e. The average molecular weight is 313 g/mol. The van der Waals surface area contributed by atoms with E-state index in [1.54, 1.807) is 18.2 Å². The quantitative estimate of drug-likeness (QED) is 0.744. The standard InChI is InChI=1S/C15H14Cl2OS/c1-9-6-12(18)4-5-13(9)15(19)7-10-2-3-11(16)8-14(10)17/h2-6,8,15,18-19H,7H2,1H3. The highest BCUT2D eigenvalue weighted by Gasteiger charge is 2.12. The first-order chi connectivity index (χ1) is 8.97. The summed E-state index contributed by atoms with van der Waals surface area (Å²) in [7, 11) is 0. The van der Waals surface area contributed by atoms with Gasteiger partial charge in [-0.3, -0.25) is 0 Å². The van der Waals surface area contributed by atoms with Crippen molar-refractivity contribution in [3.63, 3.8) is 0 Å². The van der Waals surface area contributed by atoms with Crippen molar-refractivity contribution in [3.8, 4) is 5.75 Å². The number of hydrogen-bond acceptors (Lipinski definition) is 2. The molecule has 0 radical (unpaired) electrons. The maximum absolute atomic E-state index is 9.42. The molecule has 0 aliphatic carbocycles. The molecule has 0 heterocycles. The van der Waals surface area contributed by atoms with E-state index < -0.39 is 0 Å². The van der Waals surface area contributed by atoms with Gasteiger partial charge in [-0.05, 0) is 54.3 Å². The van der Waals surface area contributed by atoms with Gasteiger partial charge in [0, 0.05) is 15.3 Å². The summed E-state index contributed by atoms with van der Waals surface area (Å²) in [4.78, 5) is 0. The van der Waals surface area contributed by atoms with Gasteiger partial charge in [0.15, 0.2) is 0 Å². The van der Waals surface area contributed by atoms with E-state index in [1.165, 1.54) is 0 Å². The zero-order valence-corrected chi connectivity index (χ0v) is 12.8. The van der Waals surface area contributed by atoms with Gasteiger partial charge in [-0.25, -0.2) is 0 Å². The lowest BCUT2D eigenvalue weighted by molar-refractivity contribution is 0.474. The minimum absolute atomic E-state index is 0.0271. The van der Waals surface area contributed by atoms with Crippen LogP contribution in [0.5, 0.6) is 5.75 Å². The number of phenols is 1. The highest BCUT2D eigenvalue weighted by molar-refractivity contribution is 7.80. The highest BCUT2D eigenvalue weighted by Crippen LogP contribution is 2.32. The van der Waals surface area contributed by atoms with Gasteiger partial charge in [-0.1, -0.05) is 35.3 Å². The van der Waals surface area contributed by atoms with Crippen molar-refractivity contribution in [1.29, 1.82) is 0 Å². The van der Waals surface area contributed by atoms with E-state index in [0.29, 0.717) is 16.5 Å². The number of aromatic hydroxyl groups is 1. The number of hydrogen-bond donors (Lipinski definition) is 2. The Morgan fingerprint density at radius 1 is 1.16 bits per heavy atom. The van der Waals surface area contributed by atoms with Gasteiger partial charge >= 0.3 is 0 Å². The molecule has 100 valence electrons. The SMILES string of the molecule is Cc1cc(O)ccc1C(S)Cc1ccc(Cl)cc1Cl. The first-order valence-corrected chi connectivity index (χ1v) is 7.16. The Labute approximate surface area is 128 Å². The molecule has 0 aromatic heterocycles. The zero-order chi connectivity index (χ0) is 14.0. The van der Waals surface area contributed by atoms with Crippen LogP contribution in [0.25, 0.3) is 0 Å². The third-order valence-electron chi connectivity index (χ3n) is 3.04. The molecule has 0 saturated carbocycles. The van der Waals surface area contributed by atoms with E-state index in [-0.39, 0.29) is 11.0 Å². The Bertz CT molecular complexity index is 599. The molecule has 2 aromatic carbocycles. The summed E-state index contributed by atoms with van der Waals surface area (Å²) in [5.41, 5.74) is 3.12. The van der Waals surface area contributed by atoms with Crippen LogP contribution in [-0.2, 0) is 6.42 Å². The molecule has 1 N–H and O–H groups in total. The largest absolute Gasteiger partial charge is 0.508 e. The summed E-state index contributed by atoms with van der Waals surface area (Å²) in [6.45, 7) is 1.96. The molecule has 1 unspecified atom stereocenters. The Hall–Kier alpha value is -0.830. The van der Waals surface area contributed by atoms with Gasteiger partial charge in [-0.15, -0.1) is 0 Å². The summed E-state index contributed by atoms with van der Waals surface area (Å²) >= 11 is 16.7. The normalized spacial score (nSPS) is 12.4. The van der Waals surface area contributed by atoms with Gasteiger partial charge in [0.05, 0.1) is 0 Å². The molecule has 0 saturated heterocycles. The first kappa shape index (κ1) is 14.6. The number of rotatable bonds is 3. The van der Waals surface area contributed by atoms with Crippen LogP contribution in [0, 0.1) is 6.92 Å². The van der Waals surface area contributed by atoms with Gasteiger partial charge in [0.1, 0.15) is 5.75 Å². The number of phenolic OH excluding ortho intramolecular Hbond substituents is 1. The van der Waals surface area contributed by atoms with Crippen LogP contribution in [0.3, 0.4) is 0 Å². The van der Waals surface area contributed by atoms with Crippen molar-refractivity contribution in [2.24, 2.45) is 0 Å². The zero-order valence-electron chi connectivity index (χ0n) is 10.4. The third kappa shape index (κ3) is 3.59. The Morgan fingerprint density at radius 2 is 1.89 bits per heavy atom. The summed E-state index contributed by atoms with van der Waals surface area (Å²) < 4.78 is 0. The van der Waals surface area contributed by atoms with Crippen molar-refractivity contribution in [2.45, 2.75) is 18.6 Å². The molecule has 0 bridgehead atoms. The molecule has 0 aliphatic rings. The topological polar surface area (TPSA) is 20.2 Å². The second-order valence-corrected chi connectivity index (χ2v) is 5.96. The molecule has 2 aromatic rings. The fraction of sp³-hybridized carbons (Fsp3) is 0.200. The van der Waals surface area contributed by atoms with Crippen molar-refractivity contribution >= 4 is 35.8 Å². The van der Waals surface area contributed by atoms with E-state index >= 15 is 0 Å². The van der Waals surface area contributed by atoms with Gasteiger partial charge in [-0.2, -0.15) is 12.6 Å². The Balaban J connectivity index is 2.23. The van der Waals surface area contributed by atoms with Crippen molar-refractivity contribution < 1.29 is 5.11 Å². The molecule has 1 nitrogen and oxygen atoms in total. The van der Waals surface area contributed by atoms with Crippen LogP contribution >= 0.6 is 35.8 Å². The van der Waals surface area contributed by atoms with Crippen LogP contribution in [0.1, 0.15) is 21.9 Å². The predicted molar refractivity (Wildman–Crippen MR) is 84.7 cm³/mol. The lowest BCUT2D eigenvalue weighted by Gasteiger charge is -2.15. The van der Waals surface area contributed by atoms with E-state index in [1.807, 2.05) is 25.1 Å². The lowest BCUT2D eigenvalue weighted by atomic mass is 9.99. The average Bonchev–Trinajstić information content (AvgIpc) is 2.32. The number of aryl methyl sites for hydroxylation is 1. The fourth-order valence-electron chi connectivity index (χ4n) is 2.04.